The van der Waals surface area contributed by atoms with Gasteiger partial charge in [0.05, 0.1) is 11.0 Å². The maximum atomic E-state index is 12.3. The fraction of sp³-hybridized carbons (Fsp3) is 0.647. The molecule has 1 aromatic carbocycles. The molecule has 1 saturated carbocycles. The quantitative estimate of drug-likeness (QED) is 0.598. The molecule has 3 unspecified atom stereocenters. The monoisotopic (exact) mass is 344 g/mol. The highest BCUT2D eigenvalue weighted by atomic mass is 35.5. The minimum atomic E-state index is -3.71. The highest BCUT2D eigenvalue weighted by Gasteiger charge is 2.38. The van der Waals surface area contributed by atoms with Gasteiger partial charge in [0, 0.05) is 5.38 Å². The fourth-order valence-electron chi connectivity index (χ4n) is 3.08. The lowest BCUT2D eigenvalue weighted by atomic mass is 9.71. The molecule has 3 atom stereocenters. The van der Waals surface area contributed by atoms with E-state index in [1.54, 1.807) is 24.3 Å². The van der Waals surface area contributed by atoms with Crippen LogP contribution in [-0.2, 0) is 14.3 Å². The van der Waals surface area contributed by atoms with Gasteiger partial charge >= 0.3 is 0 Å². The predicted molar refractivity (Wildman–Crippen MR) is 89.7 cm³/mol. The first-order valence-corrected chi connectivity index (χ1v) is 9.58. The van der Waals surface area contributed by atoms with Crippen LogP contribution in [0.3, 0.4) is 0 Å². The molecule has 0 N–H and O–H groups in total. The van der Waals surface area contributed by atoms with E-state index in [1.165, 1.54) is 0 Å². The van der Waals surface area contributed by atoms with E-state index in [0.717, 1.165) is 18.4 Å². The molecule has 5 heteroatoms. The Hall–Kier alpha value is -0.580. The van der Waals surface area contributed by atoms with Crippen molar-refractivity contribution in [2.24, 2.45) is 11.3 Å². The van der Waals surface area contributed by atoms with Gasteiger partial charge in [0.2, 0.25) is 0 Å². The van der Waals surface area contributed by atoms with Gasteiger partial charge < -0.3 is 0 Å². The Morgan fingerprint density at radius 1 is 1.14 bits per heavy atom. The van der Waals surface area contributed by atoms with Crippen molar-refractivity contribution in [3.8, 4) is 0 Å². The number of rotatable bonds is 3. The van der Waals surface area contributed by atoms with E-state index in [1.807, 2.05) is 6.92 Å². The summed E-state index contributed by atoms with van der Waals surface area (Å²) in [4.78, 5) is 0.210. The van der Waals surface area contributed by atoms with Crippen LogP contribution in [0.2, 0.25) is 0 Å². The third kappa shape index (κ3) is 4.24. The maximum Gasteiger partial charge on any atom is 0.297 e. The molecule has 0 heterocycles. The molecule has 0 bridgehead atoms. The zero-order valence-electron chi connectivity index (χ0n) is 13.7. The second-order valence-electron chi connectivity index (χ2n) is 7.29. The molecule has 2 rings (SSSR count). The third-order valence-electron chi connectivity index (χ3n) is 4.41. The van der Waals surface area contributed by atoms with Gasteiger partial charge in [-0.25, -0.2) is 0 Å². The Balaban J connectivity index is 2.04. The molecule has 1 fully saturated rings. The van der Waals surface area contributed by atoms with Crippen LogP contribution in [0.1, 0.15) is 45.6 Å². The Morgan fingerprint density at radius 2 is 1.73 bits per heavy atom. The minimum Gasteiger partial charge on any atom is -0.263 e. The van der Waals surface area contributed by atoms with Crippen molar-refractivity contribution >= 4 is 21.7 Å². The fourth-order valence-corrected chi connectivity index (χ4v) is 4.90. The smallest absolute Gasteiger partial charge is 0.263 e. The van der Waals surface area contributed by atoms with Crippen molar-refractivity contribution < 1.29 is 12.6 Å². The minimum absolute atomic E-state index is 0.0491. The largest absolute Gasteiger partial charge is 0.297 e. The molecular formula is C17H25ClO3S. The van der Waals surface area contributed by atoms with E-state index in [9.17, 15) is 8.42 Å². The van der Waals surface area contributed by atoms with Gasteiger partial charge in [0.15, 0.2) is 0 Å². The highest BCUT2D eigenvalue weighted by Crippen LogP contribution is 2.41. The van der Waals surface area contributed by atoms with Gasteiger partial charge in [-0.1, -0.05) is 38.5 Å². The summed E-state index contributed by atoms with van der Waals surface area (Å²) in [7, 11) is -3.71. The number of halogens is 1. The lowest BCUT2D eigenvalue weighted by Crippen LogP contribution is -2.38. The summed E-state index contributed by atoms with van der Waals surface area (Å²) in [6.45, 7) is 8.45. The second kappa shape index (κ2) is 6.50. The Bertz CT molecular complexity index is 602. The molecule has 0 radical (unpaired) electrons. The molecule has 0 spiro atoms. The summed E-state index contributed by atoms with van der Waals surface area (Å²) >= 11 is 6.48. The van der Waals surface area contributed by atoms with Crippen molar-refractivity contribution in [1.29, 1.82) is 0 Å². The molecule has 0 aliphatic heterocycles. The van der Waals surface area contributed by atoms with Crippen LogP contribution in [0.4, 0.5) is 0 Å². The first-order chi connectivity index (χ1) is 10.1. The summed E-state index contributed by atoms with van der Waals surface area (Å²) < 4.78 is 30.1. The second-order valence-corrected chi connectivity index (χ2v) is 9.42. The molecule has 0 amide bonds. The third-order valence-corrected chi connectivity index (χ3v) is 6.27. The number of aryl methyl sites for hydroxylation is 1. The van der Waals surface area contributed by atoms with Crippen molar-refractivity contribution in [1.82, 2.24) is 0 Å². The normalized spacial score (nSPS) is 26.9. The topological polar surface area (TPSA) is 43.4 Å². The zero-order valence-corrected chi connectivity index (χ0v) is 15.2. The highest BCUT2D eigenvalue weighted by molar-refractivity contribution is 7.86. The van der Waals surface area contributed by atoms with Gasteiger partial charge in [0.1, 0.15) is 0 Å². The van der Waals surface area contributed by atoms with E-state index in [4.69, 9.17) is 15.8 Å². The van der Waals surface area contributed by atoms with Crippen molar-refractivity contribution in [3.63, 3.8) is 0 Å². The average Bonchev–Trinajstić information content (AvgIpc) is 2.37. The van der Waals surface area contributed by atoms with Crippen LogP contribution in [-0.4, -0.2) is 19.9 Å². The van der Waals surface area contributed by atoms with Crippen LogP contribution in [0.5, 0.6) is 0 Å². The Labute approximate surface area is 139 Å². The summed E-state index contributed by atoms with van der Waals surface area (Å²) in [5.41, 5.74) is 1.15. The number of hydrogen-bond donors (Lipinski definition) is 0. The lowest BCUT2D eigenvalue weighted by Gasteiger charge is -2.40. The van der Waals surface area contributed by atoms with Gasteiger partial charge in [0.25, 0.3) is 10.1 Å². The Morgan fingerprint density at radius 3 is 2.23 bits per heavy atom. The van der Waals surface area contributed by atoms with Gasteiger partial charge in [-0.3, -0.25) is 4.18 Å². The van der Waals surface area contributed by atoms with E-state index in [0.29, 0.717) is 12.3 Å². The molecule has 1 aliphatic carbocycles. The van der Waals surface area contributed by atoms with Gasteiger partial charge in [-0.2, -0.15) is 8.42 Å². The van der Waals surface area contributed by atoms with Crippen LogP contribution < -0.4 is 0 Å². The summed E-state index contributed by atoms with van der Waals surface area (Å²) in [5, 5.41) is -0.0491. The molecule has 0 aromatic heterocycles. The maximum absolute atomic E-state index is 12.3. The SMILES string of the molecule is Cc1ccc(S(=O)(=O)OC2CCC(C(C)(C)C)C(Cl)C2)cc1. The van der Waals surface area contributed by atoms with Crippen LogP contribution in [0.15, 0.2) is 29.2 Å². The van der Waals surface area contributed by atoms with Crippen LogP contribution in [0.25, 0.3) is 0 Å². The van der Waals surface area contributed by atoms with Crippen LogP contribution in [0, 0.1) is 18.3 Å². The lowest BCUT2D eigenvalue weighted by molar-refractivity contribution is 0.0962. The summed E-state index contributed by atoms with van der Waals surface area (Å²) in [6, 6.07) is 6.72. The summed E-state index contributed by atoms with van der Waals surface area (Å²) in [5.74, 6) is 0.385. The Kier molecular flexibility index (Phi) is 5.25. The molecule has 22 heavy (non-hydrogen) atoms. The van der Waals surface area contributed by atoms with Gasteiger partial charge in [-0.15, -0.1) is 11.6 Å². The molecule has 1 aliphatic rings. The molecular weight excluding hydrogens is 320 g/mol. The molecule has 0 saturated heterocycles. The van der Waals surface area contributed by atoms with Crippen LogP contribution >= 0.6 is 11.6 Å². The average molecular weight is 345 g/mol. The van der Waals surface area contributed by atoms with E-state index in [2.05, 4.69) is 20.8 Å². The number of benzene rings is 1. The molecule has 124 valence electrons. The molecule has 3 nitrogen and oxygen atoms in total. The number of hydrogen-bond acceptors (Lipinski definition) is 3. The molecule has 1 aromatic rings. The van der Waals surface area contributed by atoms with Crippen molar-refractivity contribution in [2.75, 3.05) is 0 Å². The predicted octanol–water partition coefficient (Wildman–Crippen LogP) is 4.52. The van der Waals surface area contributed by atoms with Crippen molar-refractivity contribution in [2.45, 2.75) is 63.3 Å². The first kappa shape index (κ1) is 17.8. The standard InChI is InChI=1S/C17H25ClO3S/c1-12-5-8-14(9-6-12)22(19,20)21-13-7-10-15(16(18)11-13)17(2,3)4/h5-6,8-9,13,15-16H,7,10-11H2,1-4H3. The summed E-state index contributed by atoms with van der Waals surface area (Å²) in [6.07, 6.45) is 1.88. The zero-order chi connectivity index (χ0) is 16.5. The van der Waals surface area contributed by atoms with E-state index >= 15 is 0 Å². The van der Waals surface area contributed by atoms with Crippen molar-refractivity contribution in [3.05, 3.63) is 29.8 Å². The number of alkyl halides is 1. The first-order valence-electron chi connectivity index (χ1n) is 7.73. The van der Waals surface area contributed by atoms with E-state index < -0.39 is 10.1 Å². The van der Waals surface area contributed by atoms with E-state index in [-0.39, 0.29) is 21.8 Å². The van der Waals surface area contributed by atoms with Gasteiger partial charge in [-0.05, 0) is 49.7 Å².